The molecule has 1 saturated heterocycles. The molecule has 1 fully saturated rings. The molecule has 1 aliphatic heterocycles. The van der Waals surface area contributed by atoms with Crippen molar-refractivity contribution in [2.45, 2.75) is 39.2 Å². The molecule has 3 aromatic rings. The maximum atomic E-state index is 13.4. The summed E-state index contributed by atoms with van der Waals surface area (Å²) < 4.78 is 7.28. The summed E-state index contributed by atoms with van der Waals surface area (Å²) in [6, 6.07) is 13.3. The van der Waals surface area contributed by atoms with E-state index in [1.165, 1.54) is 11.9 Å². The molecule has 0 atom stereocenters. The first kappa shape index (κ1) is 21.1. The van der Waals surface area contributed by atoms with E-state index in [9.17, 15) is 4.79 Å². The molecule has 31 heavy (non-hydrogen) atoms. The summed E-state index contributed by atoms with van der Waals surface area (Å²) in [6.07, 6.45) is 5.24. The molecule has 0 unspecified atom stereocenters. The minimum atomic E-state index is -0.118. The van der Waals surface area contributed by atoms with Crippen molar-refractivity contribution >= 4 is 11.0 Å². The lowest BCUT2D eigenvalue weighted by Gasteiger charge is -2.25. The van der Waals surface area contributed by atoms with Gasteiger partial charge in [-0.15, -0.1) is 0 Å². The lowest BCUT2D eigenvalue weighted by atomic mass is 9.88. The van der Waals surface area contributed by atoms with Gasteiger partial charge in [0.2, 0.25) is 0 Å². The van der Waals surface area contributed by atoms with Gasteiger partial charge in [-0.3, -0.25) is 9.36 Å². The summed E-state index contributed by atoms with van der Waals surface area (Å²) in [5.74, 6) is 3.53. The second kappa shape index (κ2) is 9.76. The third-order valence-electron chi connectivity index (χ3n) is 5.91. The van der Waals surface area contributed by atoms with Crippen LogP contribution < -0.4 is 5.56 Å². The molecule has 0 aliphatic carbocycles. The van der Waals surface area contributed by atoms with Crippen LogP contribution in [0.4, 0.5) is 0 Å². The van der Waals surface area contributed by atoms with Crippen molar-refractivity contribution in [3.05, 3.63) is 69.9 Å². The number of ether oxygens (including phenoxy) is 1. The van der Waals surface area contributed by atoms with Gasteiger partial charge in [0.25, 0.3) is 5.56 Å². The lowest BCUT2D eigenvalue weighted by molar-refractivity contribution is 0.0851. The Bertz CT molecular complexity index is 1170. The van der Waals surface area contributed by atoms with Crippen LogP contribution in [0.15, 0.2) is 47.7 Å². The zero-order valence-corrected chi connectivity index (χ0v) is 18.2. The highest BCUT2D eigenvalue weighted by Gasteiger charge is 2.19. The second-order valence-corrected chi connectivity index (χ2v) is 7.75. The van der Waals surface area contributed by atoms with E-state index in [1.54, 1.807) is 16.8 Å². The third kappa shape index (κ3) is 4.62. The van der Waals surface area contributed by atoms with E-state index in [4.69, 9.17) is 4.74 Å². The van der Waals surface area contributed by atoms with Crippen LogP contribution in [0.25, 0.3) is 11.0 Å². The van der Waals surface area contributed by atoms with Crippen molar-refractivity contribution in [1.82, 2.24) is 19.4 Å². The Morgan fingerprint density at radius 3 is 2.74 bits per heavy atom. The number of aromatic nitrogens is 3. The molecule has 1 aromatic carbocycles. The number of hydrogen-bond donors (Lipinski definition) is 0. The van der Waals surface area contributed by atoms with Crippen molar-refractivity contribution in [2.75, 3.05) is 26.3 Å². The summed E-state index contributed by atoms with van der Waals surface area (Å²) in [7, 11) is 0. The van der Waals surface area contributed by atoms with Crippen LogP contribution in [0, 0.1) is 12.0 Å². The molecule has 6 heteroatoms. The first-order chi connectivity index (χ1) is 15.2. The van der Waals surface area contributed by atoms with Gasteiger partial charge in [0.1, 0.15) is 12.0 Å². The largest absolute Gasteiger partial charge is 0.381 e. The number of nitrogens with zero attached hydrogens (tertiary/aromatic N) is 4. The van der Waals surface area contributed by atoms with Crippen LogP contribution in [-0.2, 0) is 11.3 Å². The van der Waals surface area contributed by atoms with Gasteiger partial charge in [-0.05, 0) is 55.7 Å². The highest BCUT2D eigenvalue weighted by Crippen LogP contribution is 2.30. The van der Waals surface area contributed by atoms with Gasteiger partial charge in [-0.1, -0.05) is 24.3 Å². The van der Waals surface area contributed by atoms with Gasteiger partial charge in [-0.25, -0.2) is 9.97 Å². The van der Waals surface area contributed by atoms with Gasteiger partial charge < -0.3 is 9.64 Å². The predicted molar refractivity (Wildman–Crippen MR) is 122 cm³/mol. The van der Waals surface area contributed by atoms with E-state index in [2.05, 4.69) is 54.0 Å². The molecule has 1 aliphatic rings. The van der Waals surface area contributed by atoms with Crippen molar-refractivity contribution in [1.29, 1.82) is 0 Å². The maximum absolute atomic E-state index is 13.4. The van der Waals surface area contributed by atoms with Crippen molar-refractivity contribution in [3.63, 3.8) is 0 Å². The first-order valence-corrected chi connectivity index (χ1v) is 11.0. The lowest BCUT2D eigenvalue weighted by Crippen LogP contribution is -2.26. The fourth-order valence-electron chi connectivity index (χ4n) is 4.13. The fourth-order valence-corrected chi connectivity index (χ4v) is 4.13. The number of hydrogen-bond acceptors (Lipinski definition) is 5. The van der Waals surface area contributed by atoms with Gasteiger partial charge in [0.15, 0.2) is 0 Å². The molecule has 0 bridgehead atoms. The van der Waals surface area contributed by atoms with Crippen molar-refractivity contribution in [3.8, 4) is 12.0 Å². The zero-order valence-electron chi connectivity index (χ0n) is 18.2. The Kier molecular flexibility index (Phi) is 6.63. The SMILES string of the molecule is CCN(C#Cc1cc2cncnc2n(Cc2ccccc2C2CCOCC2)c1=O)CC. The molecule has 0 saturated carbocycles. The van der Waals surface area contributed by atoms with E-state index in [1.807, 2.05) is 11.0 Å². The van der Waals surface area contributed by atoms with Crippen LogP contribution in [0.1, 0.15) is 49.3 Å². The van der Waals surface area contributed by atoms with Gasteiger partial charge >= 0.3 is 0 Å². The normalized spacial score (nSPS) is 14.3. The van der Waals surface area contributed by atoms with Crippen LogP contribution in [0.3, 0.4) is 0 Å². The monoisotopic (exact) mass is 416 g/mol. The molecule has 0 amide bonds. The van der Waals surface area contributed by atoms with E-state index in [0.29, 0.717) is 23.7 Å². The van der Waals surface area contributed by atoms with Crippen LogP contribution in [0.2, 0.25) is 0 Å². The standard InChI is InChI=1S/C25H28N4O2/c1-3-28(4-2)12-9-20-15-22-16-26-18-27-24(22)29(25(20)30)17-21-7-5-6-8-23(21)19-10-13-31-14-11-19/h5-8,15-16,18-19H,3-4,10-11,13-14,17H2,1-2H3. The van der Waals surface area contributed by atoms with Crippen LogP contribution in [0.5, 0.6) is 0 Å². The molecule has 3 heterocycles. The first-order valence-electron chi connectivity index (χ1n) is 11.0. The molecule has 160 valence electrons. The summed E-state index contributed by atoms with van der Waals surface area (Å²) in [4.78, 5) is 24.0. The average Bonchev–Trinajstić information content (AvgIpc) is 2.83. The van der Waals surface area contributed by atoms with Gasteiger partial charge in [0, 0.05) is 43.9 Å². The number of benzene rings is 1. The van der Waals surface area contributed by atoms with E-state index >= 15 is 0 Å². The Morgan fingerprint density at radius 1 is 1.19 bits per heavy atom. The topological polar surface area (TPSA) is 60.3 Å². The molecular weight excluding hydrogens is 388 g/mol. The summed E-state index contributed by atoms with van der Waals surface area (Å²) in [5, 5.41) is 0.814. The molecule has 0 spiro atoms. The summed E-state index contributed by atoms with van der Waals surface area (Å²) in [6.45, 7) is 7.76. The molecule has 0 radical (unpaired) electrons. The molecular formula is C25H28N4O2. The number of rotatable bonds is 5. The Morgan fingerprint density at radius 2 is 1.97 bits per heavy atom. The highest BCUT2D eigenvalue weighted by molar-refractivity contribution is 5.75. The zero-order chi connectivity index (χ0) is 21.6. The predicted octanol–water partition coefficient (Wildman–Crippen LogP) is 3.38. The highest BCUT2D eigenvalue weighted by atomic mass is 16.5. The molecule has 6 nitrogen and oxygen atoms in total. The third-order valence-corrected chi connectivity index (χ3v) is 5.91. The van der Waals surface area contributed by atoms with E-state index < -0.39 is 0 Å². The minimum Gasteiger partial charge on any atom is -0.381 e. The fraction of sp³-hybridized carbons (Fsp3) is 0.400. The molecule has 0 N–H and O–H groups in total. The van der Waals surface area contributed by atoms with Crippen LogP contribution >= 0.6 is 0 Å². The summed E-state index contributed by atoms with van der Waals surface area (Å²) >= 11 is 0. The quantitative estimate of drug-likeness (QED) is 0.471. The second-order valence-electron chi connectivity index (χ2n) is 7.75. The molecule has 4 rings (SSSR count). The Labute approximate surface area is 182 Å². The van der Waals surface area contributed by atoms with Crippen molar-refractivity contribution in [2.24, 2.45) is 0 Å². The van der Waals surface area contributed by atoms with E-state index in [0.717, 1.165) is 50.1 Å². The summed E-state index contributed by atoms with van der Waals surface area (Å²) in [5.41, 5.74) is 3.42. The Hall–Kier alpha value is -3.17. The van der Waals surface area contributed by atoms with Gasteiger partial charge in [-0.2, -0.15) is 0 Å². The number of fused-ring (bicyclic) bond motifs is 1. The number of pyridine rings is 1. The Balaban J connectivity index is 1.79. The van der Waals surface area contributed by atoms with E-state index in [-0.39, 0.29) is 5.56 Å². The molecule has 2 aromatic heterocycles. The minimum absolute atomic E-state index is 0.118. The average molecular weight is 417 g/mol. The van der Waals surface area contributed by atoms with Crippen LogP contribution in [-0.4, -0.2) is 45.7 Å². The van der Waals surface area contributed by atoms with Gasteiger partial charge in [0.05, 0.1) is 12.1 Å². The van der Waals surface area contributed by atoms with Crippen molar-refractivity contribution < 1.29 is 4.74 Å². The smallest absolute Gasteiger partial charge is 0.268 e. The maximum Gasteiger partial charge on any atom is 0.268 e.